The summed E-state index contributed by atoms with van der Waals surface area (Å²) in [5.41, 5.74) is 3.51. The molecular formula is C27H24N6O2S. The van der Waals surface area contributed by atoms with Crippen LogP contribution in [0.15, 0.2) is 101 Å². The average molecular weight is 497 g/mol. The molecular weight excluding hydrogens is 472 g/mol. The van der Waals surface area contributed by atoms with Crippen LogP contribution in [0.5, 0.6) is 0 Å². The molecule has 2 N–H and O–H groups in total. The number of aromatic nitrogens is 3. The molecule has 5 rings (SSSR count). The van der Waals surface area contributed by atoms with Crippen LogP contribution < -0.4 is 5.32 Å². The molecule has 8 nitrogen and oxygen atoms in total. The number of hydrazone groups is 1. The summed E-state index contributed by atoms with van der Waals surface area (Å²) in [5.74, 6) is 0.345. The van der Waals surface area contributed by atoms with E-state index in [2.05, 4.69) is 20.5 Å². The highest BCUT2D eigenvalue weighted by molar-refractivity contribution is 7.99. The van der Waals surface area contributed by atoms with Crippen LogP contribution in [0, 0.1) is 0 Å². The Bertz CT molecular complexity index is 1360. The van der Waals surface area contributed by atoms with Gasteiger partial charge in [-0.05, 0) is 23.3 Å². The second kappa shape index (κ2) is 11.0. The largest absolute Gasteiger partial charge is 0.345 e. The lowest BCUT2D eigenvalue weighted by Crippen LogP contribution is -2.28. The zero-order valence-corrected chi connectivity index (χ0v) is 20.2. The highest BCUT2D eigenvalue weighted by atomic mass is 32.2. The highest BCUT2D eigenvalue weighted by Crippen LogP contribution is 2.33. The van der Waals surface area contributed by atoms with E-state index < -0.39 is 0 Å². The molecule has 0 aliphatic carbocycles. The maximum Gasteiger partial charge on any atom is 0.253 e. The Labute approximate surface area is 212 Å². The van der Waals surface area contributed by atoms with Gasteiger partial charge in [0.2, 0.25) is 5.16 Å². The lowest BCUT2D eigenvalue weighted by Gasteiger charge is -2.21. The standard InChI is InChI=1S/C27H24N6O2S/c34-25(18-36-27-29-24(30-31-27)17-28-26(35)21-14-8-3-9-15-21)33-23(20-12-6-2-7-13-20)16-22(32-33)19-10-4-1-5-11-19/h1-15,23H,16-18H2,(H,28,35)(H,29,30,31). The molecule has 0 radical (unpaired) electrons. The predicted octanol–water partition coefficient (Wildman–Crippen LogP) is 4.20. The molecule has 1 aromatic heterocycles. The summed E-state index contributed by atoms with van der Waals surface area (Å²) in [6.45, 7) is 0.210. The van der Waals surface area contributed by atoms with E-state index in [1.807, 2.05) is 78.9 Å². The smallest absolute Gasteiger partial charge is 0.253 e. The molecule has 2 heterocycles. The molecule has 2 amide bonds. The number of nitrogens with zero attached hydrogens (tertiary/aromatic N) is 4. The van der Waals surface area contributed by atoms with E-state index in [1.165, 1.54) is 11.8 Å². The number of thioether (sulfide) groups is 1. The molecule has 1 aliphatic heterocycles. The second-order valence-corrected chi connectivity index (χ2v) is 9.13. The number of aromatic amines is 1. The van der Waals surface area contributed by atoms with Crippen LogP contribution in [-0.2, 0) is 11.3 Å². The molecule has 36 heavy (non-hydrogen) atoms. The third kappa shape index (κ3) is 5.52. The van der Waals surface area contributed by atoms with E-state index in [-0.39, 0.29) is 30.2 Å². The summed E-state index contributed by atoms with van der Waals surface area (Å²) in [7, 11) is 0. The van der Waals surface area contributed by atoms with Gasteiger partial charge in [0.05, 0.1) is 24.1 Å². The molecule has 1 aliphatic rings. The molecule has 1 atom stereocenters. The van der Waals surface area contributed by atoms with E-state index in [0.717, 1.165) is 16.8 Å². The van der Waals surface area contributed by atoms with Crippen molar-refractivity contribution in [1.82, 2.24) is 25.5 Å². The molecule has 0 saturated carbocycles. The predicted molar refractivity (Wildman–Crippen MR) is 138 cm³/mol. The Morgan fingerprint density at radius 3 is 2.33 bits per heavy atom. The van der Waals surface area contributed by atoms with Gasteiger partial charge in [0, 0.05) is 12.0 Å². The van der Waals surface area contributed by atoms with E-state index in [1.54, 1.807) is 17.1 Å². The highest BCUT2D eigenvalue weighted by Gasteiger charge is 2.33. The van der Waals surface area contributed by atoms with Gasteiger partial charge in [0.25, 0.3) is 11.8 Å². The molecule has 4 aromatic rings. The molecule has 3 aromatic carbocycles. The minimum atomic E-state index is -0.190. The topological polar surface area (TPSA) is 103 Å². The van der Waals surface area contributed by atoms with Gasteiger partial charge in [-0.3, -0.25) is 14.7 Å². The van der Waals surface area contributed by atoms with Crippen molar-refractivity contribution >= 4 is 29.3 Å². The van der Waals surface area contributed by atoms with Crippen molar-refractivity contribution in [3.8, 4) is 0 Å². The number of amides is 2. The Hall–Kier alpha value is -4.24. The van der Waals surface area contributed by atoms with Crippen molar-refractivity contribution in [2.75, 3.05) is 5.75 Å². The van der Waals surface area contributed by atoms with Crippen LogP contribution in [0.25, 0.3) is 0 Å². The Morgan fingerprint density at radius 2 is 1.61 bits per heavy atom. The fourth-order valence-corrected chi connectivity index (χ4v) is 4.62. The van der Waals surface area contributed by atoms with Gasteiger partial charge in [-0.15, -0.1) is 5.10 Å². The first kappa shape index (κ1) is 23.5. The van der Waals surface area contributed by atoms with Crippen LogP contribution in [0.4, 0.5) is 0 Å². The van der Waals surface area contributed by atoms with E-state index in [0.29, 0.717) is 23.0 Å². The SMILES string of the molecule is O=C(NCc1nc(SCC(=O)N2N=C(c3ccccc3)CC2c2ccccc2)n[nH]1)c1ccccc1. The number of benzene rings is 3. The summed E-state index contributed by atoms with van der Waals surface area (Å²) in [5, 5.41) is 16.5. The molecule has 0 saturated heterocycles. The quantitative estimate of drug-likeness (QED) is 0.356. The summed E-state index contributed by atoms with van der Waals surface area (Å²) in [6, 6.07) is 28.7. The van der Waals surface area contributed by atoms with Crippen LogP contribution in [0.3, 0.4) is 0 Å². The number of hydrogen-bond acceptors (Lipinski definition) is 6. The molecule has 0 bridgehead atoms. The van der Waals surface area contributed by atoms with Gasteiger partial charge in [0.1, 0.15) is 5.82 Å². The number of H-pyrrole nitrogens is 1. The van der Waals surface area contributed by atoms with Gasteiger partial charge < -0.3 is 5.32 Å². The monoisotopic (exact) mass is 496 g/mol. The third-order valence-corrected chi connectivity index (χ3v) is 6.58. The number of rotatable bonds is 8. The van der Waals surface area contributed by atoms with Gasteiger partial charge in [-0.1, -0.05) is 90.6 Å². The molecule has 180 valence electrons. The lowest BCUT2D eigenvalue weighted by atomic mass is 9.98. The van der Waals surface area contributed by atoms with Crippen LogP contribution >= 0.6 is 11.8 Å². The Balaban J connectivity index is 1.22. The summed E-state index contributed by atoms with van der Waals surface area (Å²) >= 11 is 1.23. The van der Waals surface area contributed by atoms with Crippen molar-refractivity contribution < 1.29 is 9.59 Å². The maximum absolute atomic E-state index is 13.2. The maximum atomic E-state index is 13.2. The number of carbonyl (C=O) groups is 2. The summed E-state index contributed by atoms with van der Waals surface area (Å²) in [6.07, 6.45) is 0.649. The first-order valence-corrected chi connectivity index (χ1v) is 12.5. The summed E-state index contributed by atoms with van der Waals surface area (Å²) < 4.78 is 0. The lowest BCUT2D eigenvalue weighted by molar-refractivity contribution is -0.130. The number of nitrogens with one attached hydrogen (secondary N) is 2. The first-order chi connectivity index (χ1) is 17.7. The first-order valence-electron chi connectivity index (χ1n) is 11.5. The number of hydrogen-bond donors (Lipinski definition) is 2. The number of carbonyl (C=O) groups excluding carboxylic acids is 2. The second-order valence-electron chi connectivity index (χ2n) is 8.18. The summed E-state index contributed by atoms with van der Waals surface area (Å²) in [4.78, 5) is 29.8. The zero-order chi connectivity index (χ0) is 24.7. The van der Waals surface area contributed by atoms with Gasteiger partial charge >= 0.3 is 0 Å². The fourth-order valence-electron chi connectivity index (χ4n) is 3.95. The van der Waals surface area contributed by atoms with Crippen LogP contribution in [0.2, 0.25) is 0 Å². The van der Waals surface area contributed by atoms with Crippen molar-refractivity contribution in [2.24, 2.45) is 5.10 Å². The van der Waals surface area contributed by atoms with Crippen molar-refractivity contribution in [2.45, 2.75) is 24.2 Å². The third-order valence-electron chi connectivity index (χ3n) is 5.75. The van der Waals surface area contributed by atoms with E-state index >= 15 is 0 Å². The molecule has 0 spiro atoms. The normalized spacial score (nSPS) is 14.9. The Kier molecular flexibility index (Phi) is 7.18. The van der Waals surface area contributed by atoms with E-state index in [9.17, 15) is 9.59 Å². The van der Waals surface area contributed by atoms with Crippen LogP contribution in [-0.4, -0.2) is 43.5 Å². The van der Waals surface area contributed by atoms with Crippen molar-refractivity contribution in [3.63, 3.8) is 0 Å². The van der Waals surface area contributed by atoms with Crippen molar-refractivity contribution in [3.05, 3.63) is 114 Å². The van der Waals surface area contributed by atoms with Crippen molar-refractivity contribution in [1.29, 1.82) is 0 Å². The minimum Gasteiger partial charge on any atom is -0.345 e. The zero-order valence-electron chi connectivity index (χ0n) is 19.4. The molecule has 1 unspecified atom stereocenters. The van der Waals surface area contributed by atoms with E-state index in [4.69, 9.17) is 5.10 Å². The van der Waals surface area contributed by atoms with Gasteiger partial charge in [-0.25, -0.2) is 9.99 Å². The van der Waals surface area contributed by atoms with Gasteiger partial charge in [-0.2, -0.15) is 5.10 Å². The minimum absolute atomic E-state index is 0.122. The molecule has 9 heteroatoms. The fraction of sp³-hybridized carbons (Fsp3) is 0.148. The molecule has 0 fully saturated rings. The average Bonchev–Trinajstić information content (AvgIpc) is 3.60. The van der Waals surface area contributed by atoms with Crippen LogP contribution in [0.1, 0.15) is 39.8 Å². The van der Waals surface area contributed by atoms with Gasteiger partial charge in [0.15, 0.2) is 0 Å². The Morgan fingerprint density at radius 1 is 0.944 bits per heavy atom.